The fraction of sp³-hybridized carbons (Fsp3) is 0.278. The Morgan fingerprint density at radius 3 is 2.54 bits per heavy atom. The molecule has 24 heavy (non-hydrogen) atoms. The predicted molar refractivity (Wildman–Crippen MR) is 92.9 cm³/mol. The zero-order valence-electron chi connectivity index (χ0n) is 13.4. The van der Waals surface area contributed by atoms with Crippen LogP contribution in [0.4, 0.5) is 4.39 Å². The molecule has 2 aromatic rings. The summed E-state index contributed by atoms with van der Waals surface area (Å²) in [5.74, 6) is -0.381. The monoisotopic (exact) mass is 353 g/mol. The van der Waals surface area contributed by atoms with E-state index in [1.54, 1.807) is 31.2 Å². The number of hydrogen-bond donors (Lipinski definition) is 1. The number of nitrogens with two attached hydrogens (primary N) is 1. The third kappa shape index (κ3) is 5.51. The summed E-state index contributed by atoms with van der Waals surface area (Å²) in [6.07, 6.45) is -1.90. The SMILES string of the molecule is CCOC(=O)C(F)[C@@H](N)c1cccc(OCc2ccccc2)c1.Cl. The van der Waals surface area contributed by atoms with E-state index in [4.69, 9.17) is 10.5 Å². The first-order valence-electron chi connectivity index (χ1n) is 7.44. The van der Waals surface area contributed by atoms with Crippen molar-refractivity contribution >= 4 is 18.4 Å². The molecule has 0 saturated heterocycles. The highest BCUT2D eigenvalue weighted by atomic mass is 35.5. The first-order valence-corrected chi connectivity index (χ1v) is 7.44. The van der Waals surface area contributed by atoms with Crippen LogP contribution in [0.2, 0.25) is 0 Å². The molecule has 0 amide bonds. The predicted octanol–water partition coefficient (Wildman–Crippen LogP) is 3.59. The van der Waals surface area contributed by atoms with Crippen molar-refractivity contribution in [2.45, 2.75) is 25.7 Å². The van der Waals surface area contributed by atoms with Gasteiger partial charge in [0, 0.05) is 0 Å². The molecule has 0 saturated carbocycles. The minimum atomic E-state index is -1.90. The Bertz CT molecular complexity index is 639. The van der Waals surface area contributed by atoms with Crippen LogP contribution in [0.25, 0.3) is 0 Å². The average Bonchev–Trinajstić information content (AvgIpc) is 2.60. The summed E-state index contributed by atoms with van der Waals surface area (Å²) in [6, 6.07) is 15.4. The lowest BCUT2D eigenvalue weighted by Crippen LogP contribution is -2.31. The molecule has 0 fully saturated rings. The van der Waals surface area contributed by atoms with Gasteiger partial charge < -0.3 is 15.2 Å². The molecule has 0 aliphatic rings. The fourth-order valence-corrected chi connectivity index (χ4v) is 2.09. The maximum atomic E-state index is 14.0. The standard InChI is InChI=1S/C18H20FNO3.ClH/c1-2-22-18(21)16(19)17(20)14-9-6-10-15(11-14)23-12-13-7-4-3-5-8-13;/h3-11,16-17H,2,12,20H2,1H3;1H/t16?,17-;/m0./s1. The second-order valence-corrected chi connectivity index (χ2v) is 5.03. The third-order valence-corrected chi connectivity index (χ3v) is 3.32. The Balaban J connectivity index is 0.00000288. The summed E-state index contributed by atoms with van der Waals surface area (Å²) in [5, 5.41) is 0. The molecule has 2 aromatic carbocycles. The molecule has 0 heterocycles. The largest absolute Gasteiger partial charge is 0.489 e. The molecule has 130 valence electrons. The van der Waals surface area contributed by atoms with Gasteiger partial charge >= 0.3 is 5.97 Å². The number of ether oxygens (including phenoxy) is 2. The topological polar surface area (TPSA) is 61.5 Å². The van der Waals surface area contributed by atoms with E-state index in [0.717, 1.165) is 5.56 Å². The number of rotatable bonds is 7. The van der Waals surface area contributed by atoms with E-state index >= 15 is 0 Å². The summed E-state index contributed by atoms with van der Waals surface area (Å²) in [4.78, 5) is 11.4. The molecular weight excluding hydrogens is 333 g/mol. The number of carbonyl (C=O) groups is 1. The van der Waals surface area contributed by atoms with Crippen molar-refractivity contribution in [2.75, 3.05) is 6.61 Å². The van der Waals surface area contributed by atoms with Gasteiger partial charge in [-0.05, 0) is 30.2 Å². The molecule has 2 rings (SSSR count). The number of halogens is 2. The van der Waals surface area contributed by atoms with E-state index in [-0.39, 0.29) is 19.0 Å². The van der Waals surface area contributed by atoms with Crippen LogP contribution < -0.4 is 10.5 Å². The van der Waals surface area contributed by atoms with Gasteiger partial charge in [0.25, 0.3) is 0 Å². The number of hydrogen-bond acceptors (Lipinski definition) is 4. The minimum Gasteiger partial charge on any atom is -0.489 e. The van der Waals surface area contributed by atoms with Crippen LogP contribution in [0.3, 0.4) is 0 Å². The van der Waals surface area contributed by atoms with Crippen LogP contribution in [-0.2, 0) is 16.1 Å². The molecule has 0 aromatic heterocycles. The van der Waals surface area contributed by atoms with Crippen LogP contribution in [0, 0.1) is 0 Å². The lowest BCUT2D eigenvalue weighted by atomic mass is 10.0. The Morgan fingerprint density at radius 1 is 1.17 bits per heavy atom. The molecule has 2 atom stereocenters. The van der Waals surface area contributed by atoms with E-state index in [1.807, 2.05) is 30.3 Å². The summed E-state index contributed by atoms with van der Waals surface area (Å²) in [5.41, 5.74) is 7.32. The molecule has 0 spiro atoms. The van der Waals surface area contributed by atoms with E-state index in [9.17, 15) is 9.18 Å². The van der Waals surface area contributed by atoms with Crippen LogP contribution in [0.5, 0.6) is 5.75 Å². The van der Waals surface area contributed by atoms with E-state index in [0.29, 0.717) is 17.9 Å². The van der Waals surface area contributed by atoms with Crippen molar-refractivity contribution in [3.05, 3.63) is 65.7 Å². The molecule has 0 aliphatic carbocycles. The van der Waals surface area contributed by atoms with Crippen molar-refractivity contribution in [1.29, 1.82) is 0 Å². The molecule has 4 nitrogen and oxygen atoms in total. The van der Waals surface area contributed by atoms with Gasteiger partial charge in [-0.25, -0.2) is 9.18 Å². The van der Waals surface area contributed by atoms with Crippen LogP contribution in [-0.4, -0.2) is 18.7 Å². The molecule has 0 bridgehead atoms. The quantitative estimate of drug-likeness (QED) is 0.773. The van der Waals surface area contributed by atoms with Crippen molar-refractivity contribution < 1.29 is 18.7 Å². The highest BCUT2D eigenvalue weighted by molar-refractivity contribution is 5.85. The maximum absolute atomic E-state index is 14.0. The highest BCUT2D eigenvalue weighted by Crippen LogP contribution is 2.23. The number of alkyl halides is 1. The maximum Gasteiger partial charge on any atom is 0.342 e. The highest BCUT2D eigenvalue weighted by Gasteiger charge is 2.27. The summed E-state index contributed by atoms with van der Waals surface area (Å²) < 4.78 is 24.3. The second-order valence-electron chi connectivity index (χ2n) is 5.03. The zero-order valence-corrected chi connectivity index (χ0v) is 14.2. The second kappa shape index (κ2) is 9.90. The van der Waals surface area contributed by atoms with Gasteiger partial charge in [-0.15, -0.1) is 12.4 Å². The van der Waals surface area contributed by atoms with Crippen LogP contribution in [0.15, 0.2) is 54.6 Å². The van der Waals surface area contributed by atoms with Crippen molar-refractivity contribution in [2.24, 2.45) is 5.73 Å². The molecule has 0 aliphatic heterocycles. The summed E-state index contributed by atoms with van der Waals surface area (Å²) in [6.45, 7) is 2.14. The summed E-state index contributed by atoms with van der Waals surface area (Å²) >= 11 is 0. The number of benzene rings is 2. The normalized spacial score (nSPS) is 12.6. The van der Waals surface area contributed by atoms with Gasteiger partial charge in [-0.1, -0.05) is 42.5 Å². The van der Waals surface area contributed by atoms with Gasteiger partial charge in [-0.3, -0.25) is 0 Å². The van der Waals surface area contributed by atoms with Gasteiger partial charge in [0.05, 0.1) is 12.6 Å². The van der Waals surface area contributed by atoms with E-state index in [1.165, 1.54) is 0 Å². The molecular formula is C18H21ClFNO3. The Labute approximate surface area is 147 Å². The lowest BCUT2D eigenvalue weighted by Gasteiger charge is -2.17. The first kappa shape index (κ1) is 19.9. The van der Waals surface area contributed by atoms with E-state index < -0.39 is 18.2 Å². The van der Waals surface area contributed by atoms with Crippen molar-refractivity contribution in [3.63, 3.8) is 0 Å². The van der Waals surface area contributed by atoms with Crippen LogP contribution >= 0.6 is 12.4 Å². The zero-order chi connectivity index (χ0) is 16.7. The molecule has 1 unspecified atom stereocenters. The Morgan fingerprint density at radius 2 is 1.88 bits per heavy atom. The Kier molecular flexibility index (Phi) is 8.22. The van der Waals surface area contributed by atoms with Crippen LogP contribution in [0.1, 0.15) is 24.1 Å². The molecule has 2 N–H and O–H groups in total. The molecule has 6 heteroatoms. The van der Waals surface area contributed by atoms with E-state index in [2.05, 4.69) is 4.74 Å². The lowest BCUT2D eigenvalue weighted by molar-refractivity contribution is -0.149. The number of esters is 1. The minimum absolute atomic E-state index is 0. The van der Waals surface area contributed by atoms with Gasteiger partial charge in [0.15, 0.2) is 0 Å². The third-order valence-electron chi connectivity index (χ3n) is 3.32. The smallest absolute Gasteiger partial charge is 0.342 e. The Hall–Kier alpha value is -2.11. The van der Waals surface area contributed by atoms with Crippen molar-refractivity contribution in [1.82, 2.24) is 0 Å². The first-order chi connectivity index (χ1) is 11.1. The average molecular weight is 354 g/mol. The van der Waals surface area contributed by atoms with Gasteiger partial charge in [-0.2, -0.15) is 0 Å². The summed E-state index contributed by atoms with van der Waals surface area (Å²) in [7, 11) is 0. The van der Waals surface area contributed by atoms with Crippen molar-refractivity contribution in [3.8, 4) is 5.75 Å². The number of carbonyl (C=O) groups excluding carboxylic acids is 1. The fourth-order valence-electron chi connectivity index (χ4n) is 2.09. The molecule has 0 radical (unpaired) electrons. The van der Waals surface area contributed by atoms with Gasteiger partial charge in [0.1, 0.15) is 12.4 Å². The van der Waals surface area contributed by atoms with Gasteiger partial charge in [0.2, 0.25) is 6.17 Å².